The van der Waals surface area contributed by atoms with Gasteiger partial charge in [0.15, 0.2) is 0 Å². The fraction of sp³-hybridized carbons (Fsp3) is 0.250. The highest BCUT2D eigenvalue weighted by molar-refractivity contribution is 6.30. The molecule has 0 amide bonds. The SMILES string of the molecule is CC(N[C@@H](C)c1ccc(Cl)cc1)c1cccc(Cl)c1. The third kappa shape index (κ3) is 3.97. The van der Waals surface area contributed by atoms with Crippen molar-refractivity contribution in [2.45, 2.75) is 25.9 Å². The first kappa shape index (κ1) is 14.4. The van der Waals surface area contributed by atoms with E-state index >= 15 is 0 Å². The number of hydrogen-bond donors (Lipinski definition) is 1. The van der Waals surface area contributed by atoms with Gasteiger partial charge in [-0.3, -0.25) is 0 Å². The summed E-state index contributed by atoms with van der Waals surface area (Å²) in [6.07, 6.45) is 0. The van der Waals surface area contributed by atoms with E-state index in [0.717, 1.165) is 10.0 Å². The fourth-order valence-corrected chi connectivity index (χ4v) is 2.42. The molecule has 0 aromatic heterocycles. The lowest BCUT2D eigenvalue weighted by molar-refractivity contribution is 0.495. The molecule has 0 aliphatic rings. The first-order valence-electron chi connectivity index (χ1n) is 6.33. The minimum absolute atomic E-state index is 0.240. The molecule has 0 saturated heterocycles. The van der Waals surface area contributed by atoms with Crippen LogP contribution in [0, 0.1) is 0 Å². The number of halogens is 2. The second kappa shape index (κ2) is 6.42. The van der Waals surface area contributed by atoms with E-state index < -0.39 is 0 Å². The highest BCUT2D eigenvalue weighted by atomic mass is 35.5. The van der Waals surface area contributed by atoms with Crippen LogP contribution in [0.5, 0.6) is 0 Å². The molecule has 2 rings (SSSR count). The summed E-state index contributed by atoms with van der Waals surface area (Å²) in [7, 11) is 0. The van der Waals surface area contributed by atoms with Gasteiger partial charge in [0.05, 0.1) is 0 Å². The summed E-state index contributed by atoms with van der Waals surface area (Å²) in [6.45, 7) is 4.28. The lowest BCUT2D eigenvalue weighted by atomic mass is 10.0. The number of benzene rings is 2. The van der Waals surface area contributed by atoms with E-state index in [0.29, 0.717) is 0 Å². The summed E-state index contributed by atoms with van der Waals surface area (Å²) in [4.78, 5) is 0. The lowest BCUT2D eigenvalue weighted by Gasteiger charge is -2.21. The van der Waals surface area contributed by atoms with Crippen LogP contribution in [0.3, 0.4) is 0 Å². The van der Waals surface area contributed by atoms with Gasteiger partial charge in [0.2, 0.25) is 0 Å². The van der Waals surface area contributed by atoms with Crippen LogP contribution in [0.1, 0.15) is 37.1 Å². The quantitative estimate of drug-likeness (QED) is 0.795. The van der Waals surface area contributed by atoms with E-state index in [4.69, 9.17) is 23.2 Å². The van der Waals surface area contributed by atoms with Gasteiger partial charge < -0.3 is 5.32 Å². The van der Waals surface area contributed by atoms with Crippen molar-refractivity contribution in [2.24, 2.45) is 0 Å². The number of hydrogen-bond acceptors (Lipinski definition) is 1. The average Bonchev–Trinajstić information content (AvgIpc) is 2.39. The van der Waals surface area contributed by atoms with Crippen LogP contribution < -0.4 is 5.32 Å². The van der Waals surface area contributed by atoms with Crippen molar-refractivity contribution in [3.8, 4) is 0 Å². The van der Waals surface area contributed by atoms with Crippen molar-refractivity contribution in [3.63, 3.8) is 0 Å². The molecule has 0 fully saturated rings. The summed E-state index contributed by atoms with van der Waals surface area (Å²) in [5.74, 6) is 0. The molecule has 2 aromatic rings. The molecule has 0 heterocycles. The standard InChI is InChI=1S/C16H17Cl2N/c1-11(13-6-8-15(17)9-7-13)19-12(2)14-4-3-5-16(18)10-14/h3-12,19H,1-2H3/t11-,12?/m0/s1. The molecule has 3 heteroatoms. The van der Waals surface area contributed by atoms with Gasteiger partial charge in [0, 0.05) is 22.1 Å². The Hall–Kier alpha value is -1.02. The maximum Gasteiger partial charge on any atom is 0.0409 e. The molecule has 2 atom stereocenters. The largest absolute Gasteiger partial charge is 0.304 e. The topological polar surface area (TPSA) is 12.0 Å². The predicted molar refractivity (Wildman–Crippen MR) is 82.9 cm³/mol. The second-order valence-corrected chi connectivity index (χ2v) is 5.59. The van der Waals surface area contributed by atoms with Gasteiger partial charge in [-0.2, -0.15) is 0 Å². The van der Waals surface area contributed by atoms with Crippen LogP contribution in [-0.4, -0.2) is 0 Å². The van der Waals surface area contributed by atoms with Crippen LogP contribution in [-0.2, 0) is 0 Å². The molecule has 0 aliphatic heterocycles. The Bertz CT molecular complexity index is 537. The molecule has 1 nitrogen and oxygen atoms in total. The first-order valence-corrected chi connectivity index (χ1v) is 7.09. The predicted octanol–water partition coefficient (Wildman–Crippen LogP) is 5.41. The smallest absolute Gasteiger partial charge is 0.0409 e. The van der Waals surface area contributed by atoms with E-state index in [2.05, 4.69) is 25.2 Å². The minimum Gasteiger partial charge on any atom is -0.304 e. The van der Waals surface area contributed by atoms with Crippen LogP contribution in [0.4, 0.5) is 0 Å². The lowest BCUT2D eigenvalue weighted by Crippen LogP contribution is -2.22. The third-order valence-electron chi connectivity index (χ3n) is 3.22. The van der Waals surface area contributed by atoms with E-state index in [1.807, 2.05) is 42.5 Å². The van der Waals surface area contributed by atoms with Gasteiger partial charge >= 0.3 is 0 Å². The van der Waals surface area contributed by atoms with Crippen molar-refractivity contribution < 1.29 is 0 Å². The Balaban J connectivity index is 2.06. The summed E-state index contributed by atoms with van der Waals surface area (Å²) >= 11 is 11.9. The van der Waals surface area contributed by atoms with Gasteiger partial charge in [-0.1, -0.05) is 47.5 Å². The second-order valence-electron chi connectivity index (χ2n) is 4.72. The fourth-order valence-electron chi connectivity index (χ4n) is 2.09. The third-order valence-corrected chi connectivity index (χ3v) is 3.71. The molecular weight excluding hydrogens is 277 g/mol. The van der Waals surface area contributed by atoms with Gasteiger partial charge in [0.1, 0.15) is 0 Å². The Morgan fingerprint density at radius 1 is 0.789 bits per heavy atom. The van der Waals surface area contributed by atoms with Crippen molar-refractivity contribution >= 4 is 23.2 Å². The summed E-state index contributed by atoms with van der Waals surface area (Å²) in [5.41, 5.74) is 2.41. The summed E-state index contributed by atoms with van der Waals surface area (Å²) < 4.78 is 0. The average molecular weight is 294 g/mol. The molecule has 0 aliphatic carbocycles. The minimum atomic E-state index is 0.240. The van der Waals surface area contributed by atoms with Crippen molar-refractivity contribution in [2.75, 3.05) is 0 Å². The summed E-state index contributed by atoms with van der Waals surface area (Å²) in [5, 5.41) is 5.09. The zero-order valence-electron chi connectivity index (χ0n) is 11.0. The van der Waals surface area contributed by atoms with Gasteiger partial charge in [0.25, 0.3) is 0 Å². The molecule has 0 radical (unpaired) electrons. The van der Waals surface area contributed by atoms with Gasteiger partial charge in [-0.15, -0.1) is 0 Å². The Kier molecular flexibility index (Phi) is 4.87. The van der Waals surface area contributed by atoms with Crippen molar-refractivity contribution in [1.29, 1.82) is 0 Å². The van der Waals surface area contributed by atoms with Crippen LogP contribution in [0.2, 0.25) is 10.0 Å². The highest BCUT2D eigenvalue weighted by Crippen LogP contribution is 2.22. The van der Waals surface area contributed by atoms with E-state index in [9.17, 15) is 0 Å². The Labute approximate surface area is 124 Å². The van der Waals surface area contributed by atoms with E-state index in [1.165, 1.54) is 11.1 Å². The first-order chi connectivity index (χ1) is 9.06. The molecule has 0 spiro atoms. The molecule has 0 bridgehead atoms. The molecule has 0 saturated carbocycles. The van der Waals surface area contributed by atoms with Gasteiger partial charge in [-0.25, -0.2) is 0 Å². The molecule has 1 unspecified atom stereocenters. The van der Waals surface area contributed by atoms with Crippen LogP contribution in [0.25, 0.3) is 0 Å². The van der Waals surface area contributed by atoms with Crippen molar-refractivity contribution in [1.82, 2.24) is 5.32 Å². The molecular formula is C16H17Cl2N. The maximum atomic E-state index is 6.02. The Morgan fingerprint density at radius 2 is 1.42 bits per heavy atom. The molecule has 1 N–H and O–H groups in total. The zero-order chi connectivity index (χ0) is 13.8. The zero-order valence-corrected chi connectivity index (χ0v) is 12.5. The van der Waals surface area contributed by atoms with Crippen molar-refractivity contribution in [3.05, 3.63) is 69.7 Å². The summed E-state index contributed by atoms with van der Waals surface area (Å²) in [6, 6.07) is 16.4. The Morgan fingerprint density at radius 3 is 2.05 bits per heavy atom. The molecule has 2 aromatic carbocycles. The molecule has 19 heavy (non-hydrogen) atoms. The van der Waals surface area contributed by atoms with Crippen LogP contribution >= 0.6 is 23.2 Å². The van der Waals surface area contributed by atoms with E-state index in [-0.39, 0.29) is 12.1 Å². The van der Waals surface area contributed by atoms with Crippen LogP contribution in [0.15, 0.2) is 48.5 Å². The highest BCUT2D eigenvalue weighted by Gasteiger charge is 2.11. The number of nitrogens with one attached hydrogen (secondary N) is 1. The maximum absolute atomic E-state index is 6.02. The number of rotatable bonds is 4. The normalized spacial score (nSPS) is 14.1. The van der Waals surface area contributed by atoms with E-state index in [1.54, 1.807) is 0 Å². The van der Waals surface area contributed by atoms with Gasteiger partial charge in [-0.05, 0) is 49.2 Å². The molecule has 100 valence electrons. The monoisotopic (exact) mass is 293 g/mol.